The van der Waals surface area contributed by atoms with Gasteiger partial charge in [0.05, 0.1) is 12.6 Å². The third-order valence-corrected chi connectivity index (χ3v) is 5.34. The summed E-state index contributed by atoms with van der Waals surface area (Å²) in [7, 11) is 1.61. The number of carbonyl (C=O) groups is 3. The van der Waals surface area contributed by atoms with Crippen LogP contribution >= 0.6 is 11.6 Å². The number of aryl methyl sites for hydroxylation is 1. The Morgan fingerprint density at radius 1 is 1.13 bits per heavy atom. The highest BCUT2D eigenvalue weighted by Crippen LogP contribution is 2.21. The molecule has 2 aromatic carbocycles. The summed E-state index contributed by atoms with van der Waals surface area (Å²) in [6, 6.07) is 13.9. The van der Waals surface area contributed by atoms with Gasteiger partial charge in [0.25, 0.3) is 5.91 Å². The predicted octanol–water partition coefficient (Wildman–Crippen LogP) is 3.80. The maximum atomic E-state index is 13.2. The van der Waals surface area contributed by atoms with Crippen molar-refractivity contribution in [1.29, 1.82) is 0 Å². The molecular weight excluding hydrogens is 402 g/mol. The van der Waals surface area contributed by atoms with Crippen LogP contribution in [0.4, 0.5) is 4.79 Å². The molecule has 0 radical (unpaired) electrons. The van der Waals surface area contributed by atoms with Crippen molar-refractivity contribution in [2.24, 2.45) is 0 Å². The van der Waals surface area contributed by atoms with Crippen LogP contribution in [0.3, 0.4) is 0 Å². The summed E-state index contributed by atoms with van der Waals surface area (Å²) in [5, 5.41) is 3.36. The number of nitrogens with zero attached hydrogens (tertiary/aromatic N) is 2. The molecule has 2 aromatic rings. The number of likely N-dealkylation sites (N-methyl/N-ethyl adjacent to an activating group) is 1. The normalized spacial score (nSPS) is 17.1. The molecule has 1 fully saturated rings. The van der Waals surface area contributed by atoms with Gasteiger partial charge in [0.15, 0.2) is 0 Å². The van der Waals surface area contributed by atoms with Gasteiger partial charge in [-0.15, -0.1) is 0 Å². The van der Waals surface area contributed by atoms with Crippen molar-refractivity contribution >= 4 is 35.5 Å². The number of hydrogen-bond acceptors (Lipinski definition) is 3. The van der Waals surface area contributed by atoms with Gasteiger partial charge < -0.3 is 10.2 Å². The van der Waals surface area contributed by atoms with Crippen LogP contribution in [-0.4, -0.2) is 47.8 Å². The Labute approximate surface area is 181 Å². The first kappa shape index (κ1) is 21.6. The van der Waals surface area contributed by atoms with Crippen LogP contribution < -0.4 is 5.32 Å². The average Bonchev–Trinajstić information content (AvgIpc) is 2.83. The Morgan fingerprint density at radius 2 is 1.83 bits per heavy atom. The lowest BCUT2D eigenvalue weighted by Crippen LogP contribution is -2.47. The number of benzene rings is 2. The molecular formula is C23H24ClN3O3. The quantitative estimate of drug-likeness (QED) is 0.760. The van der Waals surface area contributed by atoms with Gasteiger partial charge in [-0.25, -0.2) is 4.79 Å². The lowest BCUT2D eigenvalue weighted by atomic mass is 10.0. The zero-order chi connectivity index (χ0) is 21.8. The summed E-state index contributed by atoms with van der Waals surface area (Å²) in [4.78, 5) is 40.9. The number of halogens is 1. The van der Waals surface area contributed by atoms with E-state index in [2.05, 4.69) is 5.32 Å². The second kappa shape index (κ2) is 9.13. The van der Waals surface area contributed by atoms with Crippen molar-refractivity contribution in [1.82, 2.24) is 15.1 Å². The molecule has 1 aliphatic rings. The Bertz CT molecular complexity index is 1000. The Balaban J connectivity index is 1.89. The summed E-state index contributed by atoms with van der Waals surface area (Å²) in [5.74, 6) is -0.804. The number of urea groups is 1. The molecule has 156 valence electrons. The molecule has 0 saturated carbocycles. The lowest BCUT2D eigenvalue weighted by molar-refractivity contribution is -0.132. The molecule has 0 spiro atoms. The lowest BCUT2D eigenvalue weighted by Gasteiger charge is -2.22. The minimum absolute atomic E-state index is 0.113. The maximum absolute atomic E-state index is 13.2. The van der Waals surface area contributed by atoms with Crippen molar-refractivity contribution in [2.75, 3.05) is 20.1 Å². The smallest absolute Gasteiger partial charge is 0.325 e. The van der Waals surface area contributed by atoms with Crippen LogP contribution in [0.2, 0.25) is 5.02 Å². The van der Waals surface area contributed by atoms with Crippen molar-refractivity contribution in [2.45, 2.75) is 19.9 Å². The van der Waals surface area contributed by atoms with Gasteiger partial charge in [0, 0.05) is 17.6 Å². The van der Waals surface area contributed by atoms with E-state index >= 15 is 0 Å². The summed E-state index contributed by atoms with van der Waals surface area (Å²) >= 11 is 6.10. The predicted molar refractivity (Wildman–Crippen MR) is 117 cm³/mol. The van der Waals surface area contributed by atoms with Crippen LogP contribution in [-0.2, 0) is 9.59 Å². The molecule has 1 atom stereocenters. The Morgan fingerprint density at radius 3 is 2.53 bits per heavy atom. The third kappa shape index (κ3) is 4.89. The van der Waals surface area contributed by atoms with Gasteiger partial charge in [0.2, 0.25) is 5.91 Å². The summed E-state index contributed by atoms with van der Waals surface area (Å²) in [5.41, 5.74) is 2.95. The van der Waals surface area contributed by atoms with Gasteiger partial charge >= 0.3 is 6.03 Å². The molecule has 4 amide bonds. The molecule has 3 rings (SSSR count). The van der Waals surface area contributed by atoms with E-state index in [1.165, 1.54) is 4.90 Å². The molecule has 7 heteroatoms. The number of carbonyl (C=O) groups excluding carboxylic acids is 3. The van der Waals surface area contributed by atoms with Crippen LogP contribution in [0.5, 0.6) is 0 Å². The highest BCUT2D eigenvalue weighted by atomic mass is 35.5. The zero-order valence-electron chi connectivity index (χ0n) is 17.2. The molecule has 0 bridgehead atoms. The molecule has 6 nitrogen and oxygen atoms in total. The van der Waals surface area contributed by atoms with E-state index in [9.17, 15) is 14.4 Å². The number of rotatable bonds is 3. The molecule has 30 heavy (non-hydrogen) atoms. The monoisotopic (exact) mass is 425 g/mol. The fourth-order valence-corrected chi connectivity index (χ4v) is 3.41. The van der Waals surface area contributed by atoms with Crippen LogP contribution in [0.15, 0.2) is 54.1 Å². The van der Waals surface area contributed by atoms with Crippen molar-refractivity contribution in [3.05, 3.63) is 75.8 Å². The number of imide groups is 1. The van der Waals surface area contributed by atoms with Gasteiger partial charge in [-0.3, -0.25) is 14.5 Å². The molecule has 0 aliphatic carbocycles. The summed E-state index contributed by atoms with van der Waals surface area (Å²) < 4.78 is 0. The van der Waals surface area contributed by atoms with Gasteiger partial charge in [0.1, 0.15) is 6.54 Å². The van der Waals surface area contributed by atoms with E-state index < -0.39 is 11.9 Å². The Kier molecular flexibility index (Phi) is 6.57. The third-order valence-electron chi connectivity index (χ3n) is 5.10. The fraction of sp³-hybridized carbons (Fsp3) is 0.261. The molecule has 0 unspecified atom stereocenters. The molecule has 1 N–H and O–H groups in total. The number of nitrogens with one attached hydrogen (secondary N) is 1. The standard InChI is InChI=1S/C23H24ClN3O3/c1-15-9-10-20(24)12-18(15)11-19-13-26(3)21(28)14-27(22(19)29)23(30)25-16(2)17-7-5-4-6-8-17/h4-12,16H,13-14H2,1-3H3,(H,25,30)/b19-11+/t16-/m1/s1. The van der Waals surface area contributed by atoms with Gasteiger partial charge in [-0.2, -0.15) is 0 Å². The molecule has 0 aromatic heterocycles. The van der Waals surface area contributed by atoms with E-state index in [-0.39, 0.29) is 25.0 Å². The number of hydrogen-bond donors (Lipinski definition) is 1. The molecule has 1 heterocycles. The van der Waals surface area contributed by atoms with Crippen LogP contribution in [0.1, 0.15) is 29.7 Å². The highest BCUT2D eigenvalue weighted by molar-refractivity contribution is 6.30. The fourth-order valence-electron chi connectivity index (χ4n) is 3.23. The van der Waals surface area contributed by atoms with Gasteiger partial charge in [-0.1, -0.05) is 48.0 Å². The minimum Gasteiger partial charge on any atom is -0.340 e. The first-order chi connectivity index (χ1) is 14.3. The SMILES string of the molecule is Cc1ccc(Cl)cc1/C=C1\CN(C)C(=O)CN(C(=O)N[C@H](C)c2ccccc2)C1=O. The molecule has 1 saturated heterocycles. The first-order valence-electron chi connectivity index (χ1n) is 9.64. The second-order valence-electron chi connectivity index (χ2n) is 7.39. The topological polar surface area (TPSA) is 69.7 Å². The Hall–Kier alpha value is -3.12. The van der Waals surface area contributed by atoms with E-state index in [1.54, 1.807) is 25.3 Å². The minimum atomic E-state index is -0.603. The van der Waals surface area contributed by atoms with E-state index in [0.717, 1.165) is 21.6 Å². The molecule has 1 aliphatic heterocycles. The van der Waals surface area contributed by atoms with E-state index in [1.807, 2.05) is 50.2 Å². The zero-order valence-corrected chi connectivity index (χ0v) is 17.9. The first-order valence-corrected chi connectivity index (χ1v) is 10.0. The maximum Gasteiger partial charge on any atom is 0.325 e. The summed E-state index contributed by atoms with van der Waals surface area (Å²) in [6.45, 7) is 3.54. The van der Waals surface area contributed by atoms with Crippen LogP contribution in [0.25, 0.3) is 6.08 Å². The number of amides is 4. The van der Waals surface area contributed by atoms with Crippen molar-refractivity contribution in [3.8, 4) is 0 Å². The van der Waals surface area contributed by atoms with Crippen LogP contribution in [0, 0.1) is 6.92 Å². The van der Waals surface area contributed by atoms with E-state index in [4.69, 9.17) is 11.6 Å². The second-order valence-corrected chi connectivity index (χ2v) is 7.83. The van der Waals surface area contributed by atoms with Gasteiger partial charge in [-0.05, 0) is 48.7 Å². The average molecular weight is 426 g/mol. The van der Waals surface area contributed by atoms with Crippen molar-refractivity contribution < 1.29 is 14.4 Å². The summed E-state index contributed by atoms with van der Waals surface area (Å²) in [6.07, 6.45) is 1.69. The van der Waals surface area contributed by atoms with E-state index in [0.29, 0.717) is 10.6 Å². The largest absolute Gasteiger partial charge is 0.340 e. The van der Waals surface area contributed by atoms with Crippen molar-refractivity contribution in [3.63, 3.8) is 0 Å². The highest BCUT2D eigenvalue weighted by Gasteiger charge is 2.33.